The van der Waals surface area contributed by atoms with E-state index in [0.717, 1.165) is 45.5 Å². The maximum atomic E-state index is 5.00. The minimum atomic E-state index is 0.646. The van der Waals surface area contributed by atoms with Gasteiger partial charge in [-0.1, -0.05) is 127 Å². The Morgan fingerprint density at radius 1 is 0.368 bits per heavy atom. The van der Waals surface area contributed by atoms with Gasteiger partial charge in [0.1, 0.15) is 0 Å². The summed E-state index contributed by atoms with van der Waals surface area (Å²) in [4.78, 5) is 14.9. The summed E-state index contributed by atoms with van der Waals surface area (Å²) in [5.41, 5.74) is 12.2. The van der Waals surface area contributed by atoms with E-state index in [1.165, 1.54) is 43.7 Å². The van der Waals surface area contributed by atoms with E-state index in [1.54, 1.807) is 0 Å². The molecule has 0 bridgehead atoms. The summed E-state index contributed by atoms with van der Waals surface area (Å²) in [5, 5.41) is 4.93. The van der Waals surface area contributed by atoms with E-state index in [4.69, 9.17) is 15.0 Å². The molecule has 10 aromatic rings. The van der Waals surface area contributed by atoms with Crippen molar-refractivity contribution in [3.63, 3.8) is 0 Å². The lowest BCUT2D eigenvalue weighted by atomic mass is 10.0. The van der Waals surface area contributed by atoms with Gasteiger partial charge in [-0.25, -0.2) is 15.0 Å². The summed E-state index contributed by atoms with van der Waals surface area (Å²) < 4.78 is 4.72. The van der Waals surface area contributed by atoms with Crippen molar-refractivity contribution in [2.45, 2.75) is 6.42 Å². The van der Waals surface area contributed by atoms with Gasteiger partial charge in [0.05, 0.1) is 22.1 Å². The molecule has 3 heterocycles. The summed E-state index contributed by atoms with van der Waals surface area (Å²) in [7, 11) is 0. The Labute approximate surface area is 329 Å². The van der Waals surface area contributed by atoms with Gasteiger partial charge >= 0.3 is 0 Å². The van der Waals surface area contributed by atoms with E-state index in [9.17, 15) is 0 Å². The largest absolute Gasteiger partial charge is 0.309 e. The number of aromatic nitrogens is 5. The molecule has 0 atom stereocenters. The number of rotatable bonds is 6. The third-order valence-corrected chi connectivity index (χ3v) is 11.0. The first-order chi connectivity index (χ1) is 28.3. The van der Waals surface area contributed by atoms with Crippen molar-refractivity contribution in [2.75, 3.05) is 0 Å². The summed E-state index contributed by atoms with van der Waals surface area (Å²) in [6, 6.07) is 60.5. The van der Waals surface area contributed by atoms with Crippen LogP contribution in [0.1, 0.15) is 12.2 Å². The topological polar surface area (TPSA) is 48.5 Å². The van der Waals surface area contributed by atoms with E-state index in [0.29, 0.717) is 17.5 Å². The molecule has 1 aliphatic carbocycles. The maximum absolute atomic E-state index is 5.00. The molecular formula is C52H35N5. The summed E-state index contributed by atoms with van der Waals surface area (Å²) in [6.45, 7) is 0. The van der Waals surface area contributed by atoms with Gasteiger partial charge in [-0.3, -0.25) is 0 Å². The van der Waals surface area contributed by atoms with Crippen molar-refractivity contribution in [1.82, 2.24) is 24.1 Å². The number of hydrogen-bond acceptors (Lipinski definition) is 3. The Morgan fingerprint density at radius 2 is 0.842 bits per heavy atom. The Morgan fingerprint density at radius 3 is 1.46 bits per heavy atom. The van der Waals surface area contributed by atoms with Gasteiger partial charge in [0.25, 0.3) is 0 Å². The monoisotopic (exact) mass is 729 g/mol. The number of para-hydroxylation sites is 3. The molecule has 57 heavy (non-hydrogen) atoms. The summed E-state index contributed by atoms with van der Waals surface area (Å²) >= 11 is 0. The molecule has 7 aromatic carbocycles. The van der Waals surface area contributed by atoms with Crippen LogP contribution in [0.3, 0.4) is 0 Å². The highest BCUT2D eigenvalue weighted by atomic mass is 15.0. The molecule has 0 radical (unpaired) electrons. The lowest BCUT2D eigenvalue weighted by molar-refractivity contribution is 1.04. The van der Waals surface area contributed by atoms with Gasteiger partial charge in [0, 0.05) is 49.6 Å². The number of benzene rings is 7. The smallest absolute Gasteiger partial charge is 0.164 e. The molecule has 1 aliphatic rings. The van der Waals surface area contributed by atoms with Crippen molar-refractivity contribution in [3.05, 3.63) is 206 Å². The van der Waals surface area contributed by atoms with Crippen molar-refractivity contribution >= 4 is 49.2 Å². The fourth-order valence-electron chi connectivity index (χ4n) is 8.29. The highest BCUT2D eigenvalue weighted by Crippen LogP contribution is 2.38. The number of nitrogens with zero attached hydrogens (tertiary/aromatic N) is 5. The molecule has 3 aromatic heterocycles. The predicted octanol–water partition coefficient (Wildman–Crippen LogP) is 13.0. The first kappa shape index (κ1) is 32.8. The number of hydrogen-bond donors (Lipinski definition) is 0. The zero-order chi connectivity index (χ0) is 37.7. The second-order valence-corrected chi connectivity index (χ2v) is 14.4. The fourth-order valence-corrected chi connectivity index (χ4v) is 8.29. The van der Waals surface area contributed by atoms with Crippen LogP contribution in [0.15, 0.2) is 200 Å². The predicted molar refractivity (Wildman–Crippen MR) is 236 cm³/mol. The first-order valence-electron chi connectivity index (χ1n) is 19.4. The van der Waals surface area contributed by atoms with Gasteiger partial charge in [-0.15, -0.1) is 0 Å². The summed E-state index contributed by atoms with van der Waals surface area (Å²) in [5.74, 6) is 1.97. The second kappa shape index (κ2) is 13.6. The molecule has 268 valence electrons. The van der Waals surface area contributed by atoms with Gasteiger partial charge in [0.2, 0.25) is 0 Å². The van der Waals surface area contributed by atoms with Crippen LogP contribution in [0.4, 0.5) is 0 Å². The Balaban J connectivity index is 1.00. The molecule has 5 heteroatoms. The molecule has 0 spiro atoms. The van der Waals surface area contributed by atoms with Gasteiger partial charge < -0.3 is 9.13 Å². The van der Waals surface area contributed by atoms with Crippen LogP contribution in [0.5, 0.6) is 0 Å². The van der Waals surface area contributed by atoms with Crippen LogP contribution >= 0.6 is 0 Å². The van der Waals surface area contributed by atoms with E-state index >= 15 is 0 Å². The average molecular weight is 730 g/mol. The molecule has 0 unspecified atom stereocenters. The van der Waals surface area contributed by atoms with Crippen LogP contribution < -0.4 is 0 Å². The number of fused-ring (bicyclic) bond motifs is 6. The minimum absolute atomic E-state index is 0.646. The van der Waals surface area contributed by atoms with E-state index < -0.39 is 0 Å². The first-order valence-corrected chi connectivity index (χ1v) is 19.4. The van der Waals surface area contributed by atoms with Crippen LogP contribution in [-0.4, -0.2) is 24.1 Å². The van der Waals surface area contributed by atoms with E-state index in [2.05, 4.69) is 173 Å². The lowest BCUT2D eigenvalue weighted by Crippen LogP contribution is -2.02. The quantitative estimate of drug-likeness (QED) is 0.171. The molecule has 0 N–H and O–H groups in total. The summed E-state index contributed by atoms with van der Waals surface area (Å²) in [6.07, 6.45) is 11.3. The highest BCUT2D eigenvalue weighted by molar-refractivity contribution is 6.12. The third-order valence-electron chi connectivity index (χ3n) is 11.0. The van der Waals surface area contributed by atoms with E-state index in [-0.39, 0.29) is 0 Å². The zero-order valence-corrected chi connectivity index (χ0v) is 31.0. The Kier molecular flexibility index (Phi) is 7.81. The van der Waals surface area contributed by atoms with Crippen LogP contribution in [0.2, 0.25) is 0 Å². The molecule has 0 saturated carbocycles. The minimum Gasteiger partial charge on any atom is -0.309 e. The SMILES string of the molecule is C1=CCC=C(c2nc(-c3ccccc3)nc(-c3ccc(-n4c5ccccc5c5cc(-c6ccc7c(c6)c6ccccc6n7-c6ccccc6)ccc54)cc3)n2)C=C1. The number of allylic oxidation sites excluding steroid dienone is 6. The molecule has 0 fully saturated rings. The Bertz CT molecular complexity index is 3240. The third kappa shape index (κ3) is 5.68. The van der Waals surface area contributed by atoms with Crippen LogP contribution in [0, 0.1) is 0 Å². The molecular weight excluding hydrogens is 695 g/mol. The molecule has 0 amide bonds. The normalized spacial score (nSPS) is 12.8. The lowest BCUT2D eigenvalue weighted by Gasteiger charge is -2.11. The van der Waals surface area contributed by atoms with Gasteiger partial charge in [-0.05, 0) is 90.3 Å². The molecule has 11 rings (SSSR count). The second-order valence-electron chi connectivity index (χ2n) is 14.4. The van der Waals surface area contributed by atoms with Crippen LogP contribution in [0.25, 0.3) is 94.5 Å². The van der Waals surface area contributed by atoms with Crippen molar-refractivity contribution in [3.8, 4) is 45.3 Å². The van der Waals surface area contributed by atoms with Crippen molar-refractivity contribution in [1.29, 1.82) is 0 Å². The molecule has 0 saturated heterocycles. The molecule has 0 aliphatic heterocycles. The molecule has 5 nitrogen and oxygen atoms in total. The van der Waals surface area contributed by atoms with Crippen LogP contribution in [-0.2, 0) is 0 Å². The van der Waals surface area contributed by atoms with Crippen molar-refractivity contribution < 1.29 is 0 Å². The van der Waals surface area contributed by atoms with Crippen molar-refractivity contribution in [2.24, 2.45) is 0 Å². The maximum Gasteiger partial charge on any atom is 0.164 e. The fraction of sp³-hybridized carbons (Fsp3) is 0.0192. The Hall–Kier alpha value is -7.63. The zero-order valence-electron chi connectivity index (χ0n) is 31.0. The average Bonchev–Trinajstić information content (AvgIpc) is 3.63. The van der Waals surface area contributed by atoms with E-state index in [1.807, 2.05) is 36.4 Å². The van der Waals surface area contributed by atoms with Gasteiger partial charge in [0.15, 0.2) is 17.5 Å². The highest BCUT2D eigenvalue weighted by Gasteiger charge is 2.17. The standard InChI is InChI=1S/C52H35N5/c1-2-6-16-35(15-5-1)50-53-51(36-17-7-3-8-18-36)55-52(54-50)37-25-29-41(30-26-37)57-47-24-14-12-22-43(47)45-34-39(28-32-49(45)57)38-27-31-48-44(33-38)42-21-11-13-23-46(42)56(48)40-19-9-4-10-20-40/h1-5,7-34H,6H2. The van der Waals surface area contributed by atoms with Gasteiger partial charge in [-0.2, -0.15) is 0 Å².